The van der Waals surface area contributed by atoms with Crippen molar-refractivity contribution in [2.45, 2.75) is 13.3 Å². The van der Waals surface area contributed by atoms with Gasteiger partial charge in [0.25, 0.3) is 0 Å². The van der Waals surface area contributed by atoms with Crippen LogP contribution in [-0.2, 0) is 11.2 Å². The first-order chi connectivity index (χ1) is 13.4. The maximum atomic E-state index is 13.1. The lowest BCUT2D eigenvalue weighted by Gasteiger charge is -2.17. The summed E-state index contributed by atoms with van der Waals surface area (Å²) >= 11 is 12.9. The van der Waals surface area contributed by atoms with Gasteiger partial charge in [-0.2, -0.15) is 5.10 Å². The van der Waals surface area contributed by atoms with Crippen LogP contribution >= 0.6 is 23.2 Å². The third-order valence-corrected chi connectivity index (χ3v) is 4.76. The summed E-state index contributed by atoms with van der Waals surface area (Å²) < 4.78 is 13.1. The predicted octanol–water partition coefficient (Wildman–Crippen LogP) is 6.11. The van der Waals surface area contributed by atoms with E-state index in [9.17, 15) is 9.18 Å². The number of carbonyl (C=O) groups excluding carboxylic acids is 1. The Morgan fingerprint density at radius 3 is 2.21 bits per heavy atom. The van der Waals surface area contributed by atoms with Gasteiger partial charge in [0.1, 0.15) is 5.82 Å². The van der Waals surface area contributed by atoms with E-state index in [4.69, 9.17) is 23.2 Å². The molecule has 0 aliphatic rings. The highest BCUT2D eigenvalue weighted by molar-refractivity contribution is 6.36. The zero-order chi connectivity index (χ0) is 20.1. The molecule has 0 N–H and O–H groups in total. The Morgan fingerprint density at radius 2 is 1.64 bits per heavy atom. The molecule has 0 saturated carbocycles. The Hall–Kier alpha value is -2.69. The lowest BCUT2D eigenvalue weighted by molar-refractivity contribution is -0.116. The molecule has 3 aromatic rings. The molecule has 28 heavy (non-hydrogen) atoms. The minimum absolute atomic E-state index is 0.273. The van der Waals surface area contributed by atoms with E-state index in [1.807, 2.05) is 30.3 Å². The minimum atomic E-state index is -0.301. The first-order valence-electron chi connectivity index (χ1n) is 8.56. The van der Waals surface area contributed by atoms with Crippen molar-refractivity contribution in [2.75, 3.05) is 5.01 Å². The van der Waals surface area contributed by atoms with Crippen LogP contribution in [-0.4, -0.2) is 12.1 Å². The second-order valence-corrected chi connectivity index (χ2v) is 6.99. The summed E-state index contributed by atoms with van der Waals surface area (Å²) in [7, 11) is 0. The predicted molar refractivity (Wildman–Crippen MR) is 113 cm³/mol. The van der Waals surface area contributed by atoms with Gasteiger partial charge in [-0.1, -0.05) is 65.7 Å². The van der Waals surface area contributed by atoms with Gasteiger partial charge in [-0.25, -0.2) is 9.40 Å². The molecule has 0 heterocycles. The third-order valence-electron chi connectivity index (χ3n) is 4.08. The van der Waals surface area contributed by atoms with E-state index in [-0.39, 0.29) is 11.7 Å². The monoisotopic (exact) mass is 414 g/mol. The molecule has 0 bridgehead atoms. The van der Waals surface area contributed by atoms with Gasteiger partial charge >= 0.3 is 0 Å². The van der Waals surface area contributed by atoms with Crippen LogP contribution in [0.15, 0.2) is 71.8 Å². The number of amides is 1. The van der Waals surface area contributed by atoms with Gasteiger partial charge in [0, 0.05) is 23.4 Å². The molecule has 6 heteroatoms. The quantitative estimate of drug-likeness (QED) is 0.366. The van der Waals surface area contributed by atoms with Gasteiger partial charge < -0.3 is 0 Å². The molecule has 0 aliphatic carbocycles. The third kappa shape index (κ3) is 4.97. The molecule has 0 aromatic heterocycles. The second-order valence-electron chi connectivity index (χ2n) is 6.18. The van der Waals surface area contributed by atoms with Crippen molar-refractivity contribution < 1.29 is 9.18 Å². The molecule has 0 atom stereocenters. The van der Waals surface area contributed by atoms with Gasteiger partial charge in [0.2, 0.25) is 5.91 Å². The molecule has 3 rings (SSSR count). The van der Waals surface area contributed by atoms with E-state index in [1.54, 1.807) is 30.5 Å². The molecule has 0 spiro atoms. The Kier molecular flexibility index (Phi) is 6.45. The molecule has 0 unspecified atom stereocenters. The minimum Gasteiger partial charge on any atom is -0.273 e. The number of nitrogens with zero attached hydrogens (tertiary/aromatic N) is 2. The Labute approximate surface area is 173 Å². The number of rotatable bonds is 5. The molecular weight excluding hydrogens is 398 g/mol. The van der Waals surface area contributed by atoms with E-state index in [0.29, 0.717) is 27.7 Å². The van der Waals surface area contributed by atoms with Gasteiger partial charge in [-0.3, -0.25) is 4.79 Å². The van der Waals surface area contributed by atoms with E-state index >= 15 is 0 Å². The molecule has 0 fully saturated rings. The van der Waals surface area contributed by atoms with Crippen molar-refractivity contribution >= 4 is 41.0 Å². The van der Waals surface area contributed by atoms with E-state index in [2.05, 4.69) is 5.10 Å². The van der Waals surface area contributed by atoms with Gasteiger partial charge in [-0.15, -0.1) is 0 Å². The van der Waals surface area contributed by atoms with Gasteiger partial charge in [-0.05, 0) is 41.0 Å². The second kappa shape index (κ2) is 9.00. The largest absolute Gasteiger partial charge is 0.273 e. The number of carbonyl (C=O) groups is 1. The highest BCUT2D eigenvalue weighted by Gasteiger charge is 2.16. The zero-order valence-corrected chi connectivity index (χ0v) is 16.6. The molecule has 3 nitrogen and oxygen atoms in total. The van der Waals surface area contributed by atoms with Crippen LogP contribution in [0.5, 0.6) is 0 Å². The fourth-order valence-electron chi connectivity index (χ4n) is 2.68. The lowest BCUT2D eigenvalue weighted by Crippen LogP contribution is -2.22. The fraction of sp³-hybridized carbons (Fsp3) is 0.0909. The first-order valence-corrected chi connectivity index (χ1v) is 9.31. The number of halogens is 3. The number of hydrazone groups is 1. The number of benzene rings is 3. The van der Waals surface area contributed by atoms with Crippen LogP contribution in [0.25, 0.3) is 0 Å². The highest BCUT2D eigenvalue weighted by atomic mass is 35.5. The van der Waals surface area contributed by atoms with E-state index in [0.717, 1.165) is 11.1 Å². The average molecular weight is 415 g/mol. The smallest absolute Gasteiger partial charge is 0.244 e. The molecule has 0 radical (unpaired) electrons. The summed E-state index contributed by atoms with van der Waals surface area (Å²) in [5.41, 5.74) is 2.91. The van der Waals surface area contributed by atoms with Gasteiger partial charge in [0.05, 0.1) is 11.9 Å². The summed E-state index contributed by atoms with van der Waals surface area (Å²) in [4.78, 5) is 12.1. The standard InChI is InChI=1S/C22H17Cl2FN2O/c1-15(28)27(26-14-17-5-3-2-4-6-17)19-12-21(23)20(22(24)13-19)11-16-7-9-18(25)10-8-16/h2-10,12-14H,11H2,1H3. The Balaban J connectivity index is 1.89. The summed E-state index contributed by atoms with van der Waals surface area (Å²) in [5, 5.41) is 6.33. The molecule has 142 valence electrons. The van der Waals surface area contributed by atoms with Crippen molar-refractivity contribution in [3.63, 3.8) is 0 Å². The maximum absolute atomic E-state index is 13.1. The van der Waals surface area contributed by atoms with Crippen LogP contribution < -0.4 is 5.01 Å². The summed E-state index contributed by atoms with van der Waals surface area (Å²) in [6.07, 6.45) is 2.04. The highest BCUT2D eigenvalue weighted by Crippen LogP contribution is 2.33. The normalized spacial score (nSPS) is 11.0. The lowest BCUT2D eigenvalue weighted by atomic mass is 10.0. The van der Waals surface area contributed by atoms with Crippen molar-refractivity contribution in [3.8, 4) is 0 Å². The summed E-state index contributed by atoms with van der Waals surface area (Å²) in [5.74, 6) is -0.574. The molecule has 1 amide bonds. The SMILES string of the molecule is CC(=O)N(N=Cc1ccccc1)c1cc(Cl)c(Cc2ccc(F)cc2)c(Cl)c1. The number of anilines is 1. The van der Waals surface area contributed by atoms with Gasteiger partial charge in [0.15, 0.2) is 0 Å². The summed E-state index contributed by atoms with van der Waals surface area (Å²) in [6.45, 7) is 1.41. The van der Waals surface area contributed by atoms with Crippen LogP contribution in [0, 0.1) is 5.82 Å². The van der Waals surface area contributed by atoms with Crippen LogP contribution in [0.2, 0.25) is 10.0 Å². The average Bonchev–Trinajstić information content (AvgIpc) is 2.67. The van der Waals surface area contributed by atoms with Crippen LogP contribution in [0.4, 0.5) is 10.1 Å². The van der Waals surface area contributed by atoms with Crippen LogP contribution in [0.3, 0.4) is 0 Å². The Morgan fingerprint density at radius 1 is 1.04 bits per heavy atom. The fourth-order valence-corrected chi connectivity index (χ4v) is 3.29. The number of hydrogen-bond acceptors (Lipinski definition) is 2. The van der Waals surface area contributed by atoms with Crippen molar-refractivity contribution in [3.05, 3.63) is 99.3 Å². The van der Waals surface area contributed by atoms with Crippen molar-refractivity contribution in [2.24, 2.45) is 5.10 Å². The molecule has 0 aliphatic heterocycles. The number of hydrogen-bond donors (Lipinski definition) is 0. The molecular formula is C22H17Cl2FN2O. The van der Waals surface area contributed by atoms with Crippen LogP contribution in [0.1, 0.15) is 23.6 Å². The zero-order valence-electron chi connectivity index (χ0n) is 15.1. The van der Waals surface area contributed by atoms with Crippen molar-refractivity contribution in [1.29, 1.82) is 0 Å². The maximum Gasteiger partial charge on any atom is 0.244 e. The topological polar surface area (TPSA) is 32.7 Å². The first kappa shape index (κ1) is 20.1. The Bertz CT molecular complexity index is 982. The summed E-state index contributed by atoms with van der Waals surface area (Å²) in [6, 6.07) is 18.9. The van der Waals surface area contributed by atoms with E-state index < -0.39 is 0 Å². The molecule has 0 saturated heterocycles. The molecule has 3 aromatic carbocycles. The van der Waals surface area contributed by atoms with Crippen molar-refractivity contribution in [1.82, 2.24) is 0 Å². The van der Waals surface area contributed by atoms with E-state index in [1.165, 1.54) is 24.1 Å².